The maximum atomic E-state index is 13.4. The number of rotatable bonds is 7. The van der Waals surface area contributed by atoms with Crippen LogP contribution in [0.5, 0.6) is 5.75 Å². The maximum Gasteiger partial charge on any atom is 0.337 e. The first kappa shape index (κ1) is 31.0. The number of benzene rings is 2. The molecule has 1 saturated heterocycles. The zero-order chi connectivity index (χ0) is 31.1. The number of anilines is 1. The first-order valence-corrected chi connectivity index (χ1v) is 15.4. The zero-order valence-electron chi connectivity index (χ0n) is 26.6. The molecule has 230 valence electrons. The molecule has 0 aliphatic carbocycles. The topological polar surface area (TPSA) is 71.9 Å². The summed E-state index contributed by atoms with van der Waals surface area (Å²) in [5.74, 6) is -0.387. The highest BCUT2D eigenvalue weighted by molar-refractivity contribution is 5.88. The first-order chi connectivity index (χ1) is 20.2. The Hall–Kier alpha value is -3.45. The van der Waals surface area contributed by atoms with Gasteiger partial charge in [0.25, 0.3) is 0 Å². The van der Waals surface area contributed by atoms with E-state index in [1.54, 1.807) is 0 Å². The molecule has 2 atom stereocenters. The van der Waals surface area contributed by atoms with Gasteiger partial charge in [-0.05, 0) is 107 Å². The fourth-order valence-electron chi connectivity index (χ4n) is 6.38. The Labute approximate surface area is 255 Å². The fourth-order valence-corrected chi connectivity index (χ4v) is 6.38. The number of aryl methyl sites for hydroxylation is 3. The average Bonchev–Trinajstić information content (AvgIpc) is 2.92. The number of pyridine rings is 1. The van der Waals surface area contributed by atoms with Gasteiger partial charge in [0.15, 0.2) is 6.10 Å². The van der Waals surface area contributed by atoms with Crippen molar-refractivity contribution in [2.24, 2.45) is 5.41 Å². The van der Waals surface area contributed by atoms with Crippen LogP contribution in [-0.2, 0) is 22.4 Å². The molecule has 7 heteroatoms. The Morgan fingerprint density at radius 1 is 1.12 bits per heavy atom. The number of carbonyl (C=O) groups is 1. The number of ether oxygens (including phenoxy) is 2. The van der Waals surface area contributed by atoms with Crippen LogP contribution < -0.4 is 9.64 Å². The van der Waals surface area contributed by atoms with Crippen LogP contribution in [0.15, 0.2) is 42.5 Å². The van der Waals surface area contributed by atoms with Crippen LogP contribution in [0, 0.1) is 25.1 Å². The normalized spacial score (nSPS) is 19.0. The van der Waals surface area contributed by atoms with Crippen molar-refractivity contribution in [1.29, 1.82) is 0 Å². The lowest BCUT2D eigenvalue weighted by Gasteiger charge is -2.41. The van der Waals surface area contributed by atoms with Crippen LogP contribution in [-0.4, -0.2) is 40.9 Å². The van der Waals surface area contributed by atoms with E-state index in [1.807, 2.05) is 52.8 Å². The largest absolute Gasteiger partial charge is 0.490 e. The Bertz CT molecular complexity index is 1480. The van der Waals surface area contributed by atoms with E-state index >= 15 is 0 Å². The van der Waals surface area contributed by atoms with E-state index in [-0.39, 0.29) is 17.3 Å². The van der Waals surface area contributed by atoms with Crippen LogP contribution in [0.25, 0.3) is 11.1 Å². The SMILES string of the molecule is Cc1nc(C)c([C@H](OC(C)(C)C)C(=O)O)c(N2CCC(C)(C)CC2)c1-c1ccc2c(c1)CC[C@@H](Cc1ccc(F)cc1)O2. The van der Waals surface area contributed by atoms with Crippen LogP contribution in [0.3, 0.4) is 0 Å². The molecular weight excluding hydrogens is 543 g/mol. The van der Waals surface area contributed by atoms with Crippen molar-refractivity contribution in [2.75, 3.05) is 18.0 Å². The van der Waals surface area contributed by atoms with E-state index < -0.39 is 17.7 Å². The lowest BCUT2D eigenvalue weighted by molar-refractivity contribution is -0.160. The minimum Gasteiger partial charge on any atom is -0.490 e. The van der Waals surface area contributed by atoms with E-state index in [4.69, 9.17) is 14.5 Å². The van der Waals surface area contributed by atoms with Crippen molar-refractivity contribution in [3.05, 3.63) is 76.4 Å². The number of carboxylic acid groups (broad SMARTS) is 1. The Morgan fingerprint density at radius 2 is 1.79 bits per heavy atom. The van der Waals surface area contributed by atoms with Gasteiger partial charge >= 0.3 is 5.97 Å². The molecule has 2 aliphatic heterocycles. The van der Waals surface area contributed by atoms with Gasteiger partial charge in [-0.3, -0.25) is 4.98 Å². The van der Waals surface area contributed by atoms with Crippen molar-refractivity contribution in [3.8, 4) is 16.9 Å². The summed E-state index contributed by atoms with van der Waals surface area (Å²) in [5, 5.41) is 10.4. The molecule has 6 nitrogen and oxygen atoms in total. The molecule has 2 aromatic carbocycles. The van der Waals surface area contributed by atoms with Gasteiger partial charge in [0.2, 0.25) is 0 Å². The number of halogens is 1. The van der Waals surface area contributed by atoms with E-state index in [1.165, 1.54) is 12.1 Å². The monoisotopic (exact) mass is 588 g/mol. The third-order valence-electron chi connectivity index (χ3n) is 8.73. The summed E-state index contributed by atoms with van der Waals surface area (Å²) in [4.78, 5) is 20.0. The summed E-state index contributed by atoms with van der Waals surface area (Å²) in [6.45, 7) is 15.8. The molecule has 2 aliphatic rings. The summed E-state index contributed by atoms with van der Waals surface area (Å²) >= 11 is 0. The molecule has 1 fully saturated rings. The van der Waals surface area contributed by atoms with Gasteiger partial charge in [0.1, 0.15) is 17.7 Å². The molecule has 1 N–H and O–H groups in total. The molecule has 0 unspecified atom stereocenters. The first-order valence-electron chi connectivity index (χ1n) is 15.4. The zero-order valence-corrected chi connectivity index (χ0v) is 26.6. The lowest BCUT2D eigenvalue weighted by atomic mass is 9.81. The lowest BCUT2D eigenvalue weighted by Crippen LogP contribution is -2.39. The number of piperidine rings is 1. The average molecular weight is 589 g/mol. The Balaban J connectivity index is 1.56. The molecule has 5 rings (SSSR count). The highest BCUT2D eigenvalue weighted by Crippen LogP contribution is 2.46. The number of hydrogen-bond donors (Lipinski definition) is 1. The Morgan fingerprint density at radius 3 is 2.42 bits per heavy atom. The van der Waals surface area contributed by atoms with Crippen molar-refractivity contribution in [2.45, 2.75) is 98.4 Å². The van der Waals surface area contributed by atoms with Crippen molar-refractivity contribution in [3.63, 3.8) is 0 Å². The van der Waals surface area contributed by atoms with Crippen LogP contribution in [0.1, 0.15) is 88.1 Å². The summed E-state index contributed by atoms with van der Waals surface area (Å²) in [6.07, 6.45) is 3.35. The molecule has 1 aromatic heterocycles. The summed E-state index contributed by atoms with van der Waals surface area (Å²) < 4.78 is 26.0. The number of aromatic nitrogens is 1. The summed E-state index contributed by atoms with van der Waals surface area (Å²) in [6, 6.07) is 12.9. The third kappa shape index (κ3) is 7.04. The van der Waals surface area contributed by atoms with Crippen molar-refractivity contribution >= 4 is 11.7 Å². The molecule has 3 aromatic rings. The second kappa shape index (κ2) is 11.9. The minimum absolute atomic E-state index is 0.0244. The molecule has 0 amide bonds. The van der Waals surface area contributed by atoms with Gasteiger partial charge in [-0.15, -0.1) is 0 Å². The van der Waals surface area contributed by atoms with Gasteiger partial charge in [0, 0.05) is 42.0 Å². The highest BCUT2D eigenvalue weighted by Gasteiger charge is 2.36. The molecule has 0 radical (unpaired) electrons. The van der Waals surface area contributed by atoms with E-state index in [2.05, 4.69) is 30.9 Å². The number of hydrogen-bond acceptors (Lipinski definition) is 5. The Kier molecular flexibility index (Phi) is 8.59. The predicted octanol–water partition coefficient (Wildman–Crippen LogP) is 8.01. The second-order valence-electron chi connectivity index (χ2n) is 14.0. The van der Waals surface area contributed by atoms with Crippen LogP contribution >= 0.6 is 0 Å². The van der Waals surface area contributed by atoms with Gasteiger partial charge in [-0.25, -0.2) is 9.18 Å². The van der Waals surface area contributed by atoms with Gasteiger partial charge in [-0.2, -0.15) is 0 Å². The van der Waals surface area contributed by atoms with E-state index in [9.17, 15) is 14.3 Å². The molecule has 43 heavy (non-hydrogen) atoms. The summed E-state index contributed by atoms with van der Waals surface area (Å²) in [5.41, 5.74) is 6.82. The van der Waals surface area contributed by atoms with Crippen LogP contribution in [0.2, 0.25) is 0 Å². The second-order valence-corrected chi connectivity index (χ2v) is 14.0. The van der Waals surface area contributed by atoms with Crippen molar-refractivity contribution < 1.29 is 23.8 Å². The van der Waals surface area contributed by atoms with Crippen molar-refractivity contribution in [1.82, 2.24) is 4.98 Å². The minimum atomic E-state index is -1.15. The van der Waals surface area contributed by atoms with Gasteiger partial charge in [0.05, 0.1) is 11.3 Å². The maximum absolute atomic E-state index is 13.4. The number of carboxylic acids is 1. The smallest absolute Gasteiger partial charge is 0.337 e. The molecule has 3 heterocycles. The standard InChI is InChI=1S/C36H45FN2O4/c1-22-30(26-11-15-29-25(21-26)10-14-28(42-29)20-24-8-12-27(37)13-9-24)32(39-18-16-36(6,7)17-19-39)31(23(2)38-22)33(34(40)41)43-35(3,4)5/h8-9,11-13,15,21,28,33H,10,14,16-20H2,1-7H3,(H,40,41)/t28-,33-/m0/s1. The predicted molar refractivity (Wildman–Crippen MR) is 168 cm³/mol. The molecule has 0 spiro atoms. The molecule has 0 bridgehead atoms. The van der Waals surface area contributed by atoms with Gasteiger partial charge in [-0.1, -0.05) is 32.0 Å². The third-order valence-corrected chi connectivity index (χ3v) is 8.73. The summed E-state index contributed by atoms with van der Waals surface area (Å²) in [7, 11) is 0. The van der Waals surface area contributed by atoms with E-state index in [0.717, 1.165) is 84.6 Å². The van der Waals surface area contributed by atoms with E-state index in [0.29, 0.717) is 11.3 Å². The number of aliphatic carboxylic acids is 1. The van der Waals surface area contributed by atoms with Crippen LogP contribution in [0.4, 0.5) is 10.1 Å². The molecular formula is C36H45FN2O4. The highest BCUT2D eigenvalue weighted by atomic mass is 19.1. The molecule has 0 saturated carbocycles. The quantitative estimate of drug-likeness (QED) is 0.302. The number of nitrogens with zero attached hydrogens (tertiary/aromatic N) is 2. The fraction of sp³-hybridized carbons (Fsp3) is 0.500. The van der Waals surface area contributed by atoms with Gasteiger partial charge < -0.3 is 19.5 Å². The number of fused-ring (bicyclic) bond motifs is 1.